The first-order chi connectivity index (χ1) is 57.9. The highest BCUT2D eigenvalue weighted by Crippen LogP contribution is 2.72. The molecule has 0 aromatic heterocycles. The Balaban J connectivity index is 0.000000138. The molecule has 0 aliphatic heterocycles. The van der Waals surface area contributed by atoms with Gasteiger partial charge in [-0.1, -0.05) is 301 Å². The fraction of sp³-hybridized carbons (Fsp3) is 0.224. The van der Waals surface area contributed by atoms with Crippen molar-refractivity contribution in [1.82, 2.24) is 0 Å². The zero-order chi connectivity index (χ0) is 78.3. The lowest BCUT2D eigenvalue weighted by molar-refractivity contribution is -0.0399. The maximum atomic E-state index is 2.60. The molecule has 0 unspecified atom stereocenters. The Labute approximate surface area is 696 Å². The molecule has 0 N–H and O–H groups in total. The maximum Gasteiger partial charge on any atom is 0.0543 e. The molecule has 0 saturated heterocycles. The second-order valence-corrected chi connectivity index (χ2v) is 37.9. The number of benzene rings is 15. The molecule has 0 amide bonds. The molecule has 0 atom stereocenters. The normalized spacial score (nSPS) is 23.5. The third kappa shape index (κ3) is 10.5. The second kappa shape index (κ2) is 26.7. The Kier molecular flexibility index (Phi) is 15.9. The van der Waals surface area contributed by atoms with Gasteiger partial charge < -0.3 is 9.80 Å². The lowest BCUT2D eigenvalue weighted by Crippen LogP contribution is -2.55. The van der Waals surface area contributed by atoms with Crippen LogP contribution >= 0.6 is 0 Å². The molecule has 2 heteroatoms. The molecule has 12 aliphatic rings. The van der Waals surface area contributed by atoms with Crippen molar-refractivity contribution in [2.24, 2.45) is 47.3 Å². The number of hydrogen-bond acceptors (Lipinski definition) is 2. The van der Waals surface area contributed by atoms with Crippen LogP contribution in [0.3, 0.4) is 0 Å². The summed E-state index contributed by atoms with van der Waals surface area (Å²) in [6.45, 7) is 9.59. The lowest BCUT2D eigenvalue weighted by Gasteiger charge is -2.61. The molecular weight excluding hydrogens is 1420 g/mol. The molecule has 118 heavy (non-hydrogen) atoms. The monoisotopic (exact) mass is 1520 g/mol. The minimum Gasteiger partial charge on any atom is -0.310 e. The first kappa shape index (κ1) is 70.1. The van der Waals surface area contributed by atoms with Crippen LogP contribution in [0.1, 0.15) is 136 Å². The van der Waals surface area contributed by atoms with E-state index in [1.54, 1.807) is 22.3 Å². The van der Waals surface area contributed by atoms with Gasteiger partial charge in [-0.15, -0.1) is 0 Å². The Morgan fingerprint density at radius 2 is 0.542 bits per heavy atom. The summed E-state index contributed by atoms with van der Waals surface area (Å²) in [5.41, 5.74) is 42.9. The van der Waals surface area contributed by atoms with E-state index < -0.39 is 0 Å². The van der Waals surface area contributed by atoms with Crippen molar-refractivity contribution in [3.05, 3.63) is 396 Å². The molecular formula is C116H98N2. The van der Waals surface area contributed by atoms with Gasteiger partial charge in [0.1, 0.15) is 0 Å². The summed E-state index contributed by atoms with van der Waals surface area (Å²) in [4.78, 5) is 4.99. The van der Waals surface area contributed by atoms with Gasteiger partial charge in [0.25, 0.3) is 0 Å². The standard InChI is InChI=1S/C64H55N.C52H43N/c1-62(2)55-21-12-10-19-51(55)61-58(62)23-14-24-60(61)65(46-27-29-50-48-17-8-11-20-54(48)63(3,4)59(50)38-46)45-26-28-47(41-15-6-5-7-16-41)52(37-45)42-25-30-57-53(36-42)49-18-9-13-22-56(49)64(57)43-32-39-31-40(34-43)35-44(64)33-39;1-3-10-37(11-4-1)39-18-23-45(24-19-39)53(46-25-20-40(21-26-46)38-12-5-2-6-13-38)47-15-9-14-41(33-47)42-22-27-51-49(34-42)48-16-7-8-17-50(48)52(51)43-29-35-28-36(31-43)32-44(52)30-35/h5-30,36-40,43-44H,31-35H2,1-4H3;1-27,33-36,43-44H,28-32H2. The van der Waals surface area contributed by atoms with Crippen molar-refractivity contribution >= 4 is 34.1 Å². The predicted octanol–water partition coefficient (Wildman–Crippen LogP) is 30.7. The third-order valence-corrected chi connectivity index (χ3v) is 31.3. The van der Waals surface area contributed by atoms with Gasteiger partial charge in [-0.2, -0.15) is 0 Å². The van der Waals surface area contributed by atoms with Crippen LogP contribution in [-0.4, -0.2) is 0 Å². The van der Waals surface area contributed by atoms with E-state index in [1.807, 2.05) is 0 Å². The van der Waals surface area contributed by atoms with Gasteiger partial charge in [0.2, 0.25) is 0 Å². The first-order valence-electron chi connectivity index (χ1n) is 44.1. The average molecular weight is 1520 g/mol. The molecule has 8 fully saturated rings. The van der Waals surface area contributed by atoms with Crippen molar-refractivity contribution < 1.29 is 0 Å². The van der Waals surface area contributed by atoms with E-state index in [2.05, 4.69) is 389 Å². The SMILES string of the molecule is CC1(C)c2ccccc2-c2ccc(N(c3ccc(-c4ccccc4)c(-c4ccc5c(c4)-c4ccccc4C54C5CC6CC(C5)CC4C6)c3)c3cccc4c3-c3ccccc3C4(C)C)cc21.c1ccc(-c2ccc(N(c3ccc(-c4ccccc4)cc3)c3cccc(-c4ccc5c(c4)-c4ccccc4C54C5CC6CC(C5)CC4C6)c3)cc2)cc1. The van der Waals surface area contributed by atoms with E-state index >= 15 is 0 Å². The third-order valence-electron chi connectivity index (χ3n) is 31.3. The van der Waals surface area contributed by atoms with Crippen LogP contribution in [0.4, 0.5) is 34.1 Å². The van der Waals surface area contributed by atoms with E-state index in [0.717, 1.165) is 64.4 Å². The fourth-order valence-corrected chi connectivity index (χ4v) is 26.8. The van der Waals surface area contributed by atoms with Crippen LogP contribution in [0.25, 0.3) is 100 Å². The first-order valence-corrected chi connectivity index (χ1v) is 44.1. The summed E-state index contributed by atoms with van der Waals surface area (Å²) >= 11 is 0. The van der Waals surface area contributed by atoms with Gasteiger partial charge in [0, 0.05) is 55.7 Å². The summed E-state index contributed by atoms with van der Waals surface area (Å²) in [5.74, 6) is 6.82. The Bertz CT molecular complexity index is 6380. The highest BCUT2D eigenvalue weighted by Gasteiger charge is 2.63. The minimum absolute atomic E-state index is 0.118. The van der Waals surface area contributed by atoms with Crippen molar-refractivity contribution in [1.29, 1.82) is 0 Å². The van der Waals surface area contributed by atoms with Gasteiger partial charge in [0.05, 0.1) is 5.69 Å². The number of hydrogen-bond donors (Lipinski definition) is 0. The van der Waals surface area contributed by atoms with Crippen molar-refractivity contribution in [2.45, 2.75) is 114 Å². The lowest BCUT2D eigenvalue weighted by atomic mass is 9.43. The second-order valence-electron chi connectivity index (χ2n) is 37.9. The van der Waals surface area contributed by atoms with Crippen LogP contribution in [0.15, 0.2) is 352 Å². The quantitative estimate of drug-likeness (QED) is 0.127. The van der Waals surface area contributed by atoms with Crippen molar-refractivity contribution in [3.63, 3.8) is 0 Å². The molecule has 572 valence electrons. The van der Waals surface area contributed by atoms with E-state index in [0.29, 0.717) is 0 Å². The summed E-state index contributed by atoms with van der Waals surface area (Å²) in [5, 5.41) is 0. The highest BCUT2D eigenvalue weighted by molar-refractivity contribution is 5.99. The minimum atomic E-state index is -0.126. The van der Waals surface area contributed by atoms with Crippen LogP contribution in [0, 0.1) is 47.3 Å². The molecule has 27 rings (SSSR count). The van der Waals surface area contributed by atoms with Crippen molar-refractivity contribution in [3.8, 4) is 100 Å². The number of nitrogens with zero attached hydrogens (tertiary/aromatic N) is 2. The van der Waals surface area contributed by atoms with Crippen LogP contribution in [0.5, 0.6) is 0 Å². The predicted molar refractivity (Wildman–Crippen MR) is 491 cm³/mol. The summed E-state index contributed by atoms with van der Waals surface area (Å²) in [6.07, 6.45) is 14.2. The highest BCUT2D eigenvalue weighted by atomic mass is 15.2. The zero-order valence-electron chi connectivity index (χ0n) is 68.1. The summed E-state index contributed by atoms with van der Waals surface area (Å²) < 4.78 is 0. The molecule has 15 aromatic carbocycles. The fourth-order valence-electron chi connectivity index (χ4n) is 26.8. The van der Waals surface area contributed by atoms with Gasteiger partial charge in [-0.3, -0.25) is 0 Å². The van der Waals surface area contributed by atoms with Gasteiger partial charge >= 0.3 is 0 Å². The molecule has 15 aromatic rings. The number of rotatable bonds is 11. The van der Waals surface area contributed by atoms with Gasteiger partial charge in [-0.05, 0) is 330 Å². The molecule has 0 radical (unpaired) electrons. The van der Waals surface area contributed by atoms with E-state index in [-0.39, 0.29) is 21.7 Å². The van der Waals surface area contributed by atoms with Gasteiger partial charge in [0.15, 0.2) is 0 Å². The van der Waals surface area contributed by atoms with Crippen molar-refractivity contribution in [2.75, 3.05) is 9.80 Å². The van der Waals surface area contributed by atoms with E-state index in [1.165, 1.54) is 204 Å². The van der Waals surface area contributed by atoms with E-state index in [9.17, 15) is 0 Å². The largest absolute Gasteiger partial charge is 0.310 e. The van der Waals surface area contributed by atoms with Gasteiger partial charge in [-0.25, -0.2) is 0 Å². The number of fused-ring (bicyclic) bond motifs is 12. The molecule has 2 nitrogen and oxygen atoms in total. The molecule has 0 heterocycles. The Hall–Kier alpha value is -12.1. The summed E-state index contributed by atoms with van der Waals surface area (Å²) in [6, 6.07) is 134. The number of anilines is 6. The Morgan fingerprint density at radius 1 is 0.195 bits per heavy atom. The zero-order valence-corrected chi connectivity index (χ0v) is 68.1. The molecule has 2 spiro atoms. The Morgan fingerprint density at radius 3 is 1.08 bits per heavy atom. The molecule has 8 saturated carbocycles. The van der Waals surface area contributed by atoms with Crippen LogP contribution in [-0.2, 0) is 21.7 Å². The smallest absolute Gasteiger partial charge is 0.0543 e. The van der Waals surface area contributed by atoms with Crippen LogP contribution in [0.2, 0.25) is 0 Å². The van der Waals surface area contributed by atoms with Crippen LogP contribution < -0.4 is 9.80 Å². The van der Waals surface area contributed by atoms with E-state index in [4.69, 9.17) is 0 Å². The topological polar surface area (TPSA) is 6.48 Å². The molecule has 12 aliphatic carbocycles. The maximum absolute atomic E-state index is 2.60. The molecule has 8 bridgehead atoms. The average Bonchev–Trinajstić information content (AvgIpc) is 1.50. The summed E-state index contributed by atoms with van der Waals surface area (Å²) in [7, 11) is 0.